The van der Waals surface area contributed by atoms with Crippen LogP contribution in [0.15, 0.2) is 79.9 Å². The van der Waals surface area contributed by atoms with Crippen LogP contribution in [0.5, 0.6) is 5.75 Å². The molecule has 3 aliphatic heterocycles. The van der Waals surface area contributed by atoms with Crippen molar-refractivity contribution in [1.82, 2.24) is 4.90 Å². The van der Waals surface area contributed by atoms with Crippen LogP contribution in [0, 0.1) is 11.8 Å². The van der Waals surface area contributed by atoms with Crippen molar-refractivity contribution in [3.8, 4) is 5.75 Å². The summed E-state index contributed by atoms with van der Waals surface area (Å²) in [5.41, 5.74) is -0.651. The van der Waals surface area contributed by atoms with Gasteiger partial charge in [-0.2, -0.15) is 0 Å². The molecule has 2 bridgehead atoms. The van der Waals surface area contributed by atoms with E-state index in [1.807, 2.05) is 43.3 Å². The van der Waals surface area contributed by atoms with Crippen LogP contribution in [-0.4, -0.2) is 77.9 Å². The van der Waals surface area contributed by atoms with Crippen molar-refractivity contribution in [3.05, 3.63) is 85.5 Å². The normalized spacial score (nSPS) is 26.8. The number of aliphatic hydroxyl groups is 1. The molecule has 0 saturated carbocycles. The van der Waals surface area contributed by atoms with Gasteiger partial charge in [-0.25, -0.2) is 0 Å². The second-order valence-electron chi connectivity index (χ2n) is 12.5. The summed E-state index contributed by atoms with van der Waals surface area (Å²) in [5.74, 6) is -2.30. The first-order valence-electron chi connectivity index (χ1n) is 16.3. The molecule has 246 valence electrons. The van der Waals surface area contributed by atoms with E-state index in [0.717, 1.165) is 18.4 Å². The Morgan fingerprint density at radius 2 is 1.85 bits per heavy atom. The van der Waals surface area contributed by atoms with Crippen LogP contribution < -0.4 is 9.64 Å². The third kappa shape index (κ3) is 5.86. The number of anilines is 1. The first-order valence-corrected chi connectivity index (χ1v) is 16.3. The van der Waals surface area contributed by atoms with Crippen molar-refractivity contribution in [3.63, 3.8) is 0 Å². The number of benzene rings is 2. The summed E-state index contributed by atoms with van der Waals surface area (Å²) in [7, 11) is 1.57. The van der Waals surface area contributed by atoms with Gasteiger partial charge in [-0.1, -0.05) is 49.4 Å². The Morgan fingerprint density at radius 1 is 1.11 bits per heavy atom. The molecular formula is C37H46N2O7. The molecule has 5 rings (SSSR count). The van der Waals surface area contributed by atoms with Crippen LogP contribution in [0.25, 0.3) is 0 Å². The fourth-order valence-corrected chi connectivity index (χ4v) is 7.84. The predicted molar refractivity (Wildman–Crippen MR) is 175 cm³/mol. The van der Waals surface area contributed by atoms with E-state index in [9.17, 15) is 19.5 Å². The molecule has 9 nitrogen and oxygen atoms in total. The largest absolute Gasteiger partial charge is 0.497 e. The van der Waals surface area contributed by atoms with Crippen LogP contribution in [0.4, 0.5) is 5.69 Å². The summed E-state index contributed by atoms with van der Waals surface area (Å²) in [6.07, 6.45) is 7.60. The molecule has 0 aliphatic carbocycles. The molecule has 46 heavy (non-hydrogen) atoms. The minimum absolute atomic E-state index is 0.183. The van der Waals surface area contributed by atoms with Crippen LogP contribution >= 0.6 is 0 Å². The lowest BCUT2D eigenvalue weighted by atomic mass is 9.65. The molecule has 3 fully saturated rings. The first kappa shape index (κ1) is 33.4. The molecule has 1 N–H and O–H groups in total. The Labute approximate surface area is 271 Å². The summed E-state index contributed by atoms with van der Waals surface area (Å²) in [5, 5.41) is 10.8. The van der Waals surface area contributed by atoms with Crippen molar-refractivity contribution in [2.75, 3.05) is 31.8 Å². The molecule has 0 radical (unpaired) electrons. The van der Waals surface area contributed by atoms with E-state index in [4.69, 9.17) is 14.2 Å². The lowest BCUT2D eigenvalue weighted by Gasteiger charge is -2.39. The van der Waals surface area contributed by atoms with Gasteiger partial charge in [0.15, 0.2) is 0 Å². The summed E-state index contributed by atoms with van der Waals surface area (Å²) in [4.78, 5) is 46.7. The Balaban J connectivity index is 1.57. The molecule has 9 heteroatoms. The second kappa shape index (κ2) is 14.2. The zero-order chi connectivity index (χ0) is 32.9. The molecule has 2 aromatic rings. The van der Waals surface area contributed by atoms with Gasteiger partial charge in [-0.15, -0.1) is 13.2 Å². The average molecular weight is 631 g/mol. The quantitative estimate of drug-likeness (QED) is 0.160. The van der Waals surface area contributed by atoms with Gasteiger partial charge in [-0.3, -0.25) is 14.4 Å². The average Bonchev–Trinajstić information content (AvgIpc) is 3.69. The number of carbonyl (C=O) groups is 3. The number of hydrogen-bond donors (Lipinski definition) is 1. The molecule has 0 aromatic heterocycles. The number of unbranched alkanes of at least 4 members (excludes halogenated alkanes) is 2. The number of rotatable bonds is 16. The van der Waals surface area contributed by atoms with Crippen molar-refractivity contribution in [2.45, 2.75) is 75.2 Å². The number of esters is 1. The van der Waals surface area contributed by atoms with E-state index < -0.39 is 41.1 Å². The zero-order valence-corrected chi connectivity index (χ0v) is 26.9. The highest BCUT2D eigenvalue weighted by Gasteiger charge is 2.79. The van der Waals surface area contributed by atoms with Crippen molar-refractivity contribution in [2.24, 2.45) is 11.8 Å². The second-order valence-corrected chi connectivity index (χ2v) is 12.5. The molecule has 2 unspecified atom stereocenters. The summed E-state index contributed by atoms with van der Waals surface area (Å²) in [6.45, 7) is 9.65. The summed E-state index contributed by atoms with van der Waals surface area (Å²) in [6, 6.07) is 14.9. The summed E-state index contributed by atoms with van der Waals surface area (Å²) < 4.78 is 18.1. The highest BCUT2D eigenvalue weighted by Crippen LogP contribution is 2.65. The van der Waals surface area contributed by atoms with Gasteiger partial charge in [0.1, 0.15) is 23.3 Å². The van der Waals surface area contributed by atoms with Crippen LogP contribution in [0.3, 0.4) is 0 Å². The predicted octanol–water partition coefficient (Wildman–Crippen LogP) is 4.87. The van der Waals surface area contributed by atoms with Crippen molar-refractivity contribution in [1.29, 1.82) is 0 Å². The highest BCUT2D eigenvalue weighted by atomic mass is 16.6. The first-order chi connectivity index (χ1) is 22.3. The molecule has 2 amide bonds. The maximum Gasteiger partial charge on any atom is 0.312 e. The van der Waals surface area contributed by atoms with Crippen molar-refractivity contribution < 1.29 is 33.7 Å². The number of aliphatic hydroxyl groups excluding tert-OH is 1. The number of likely N-dealkylation sites (tertiary alicyclic amines) is 1. The SMILES string of the molecule is C=CCCCCOC(=O)[C@H]1[C@H]2C(=O)N([C@@H](CO)Cc3ccccc3)C(C(=O)N(CC=C)c3ccc(OC)cc3)C23CC[C@]1(CC)O3. The lowest BCUT2D eigenvalue weighted by Crippen LogP contribution is -2.59. The summed E-state index contributed by atoms with van der Waals surface area (Å²) >= 11 is 0. The minimum atomic E-state index is -1.26. The van der Waals surface area contributed by atoms with Gasteiger partial charge in [0, 0.05) is 12.2 Å². The third-order valence-electron chi connectivity index (χ3n) is 10.0. The Kier molecular flexibility index (Phi) is 10.3. The monoisotopic (exact) mass is 630 g/mol. The van der Waals surface area contributed by atoms with E-state index >= 15 is 0 Å². The number of nitrogens with zero attached hydrogens (tertiary/aromatic N) is 2. The van der Waals surface area contributed by atoms with Gasteiger partial charge in [0.2, 0.25) is 5.91 Å². The maximum absolute atomic E-state index is 15.0. The maximum atomic E-state index is 15.0. The standard InChI is InChI=1S/C37H46N2O7/c1-5-8-9-13-23-45-35(43)31-30-33(41)39(28(25-40)24-26-14-11-10-12-15-26)32(37(30)21-20-36(31,7-3)46-37)34(42)38(22-6-2)27-16-18-29(44-4)19-17-27/h5-6,10-12,14-19,28,30-32,40H,1-2,7-9,13,20-25H2,3-4H3/t28-,30+,31-,32?,36+,37?/m1/s1. The topological polar surface area (TPSA) is 106 Å². The van der Waals surface area contributed by atoms with Gasteiger partial charge >= 0.3 is 5.97 Å². The smallest absolute Gasteiger partial charge is 0.312 e. The van der Waals surface area contributed by atoms with E-state index in [1.54, 1.807) is 42.4 Å². The van der Waals surface area contributed by atoms with Gasteiger partial charge < -0.3 is 29.1 Å². The number of hydrogen-bond acceptors (Lipinski definition) is 7. The van der Waals surface area contributed by atoms with E-state index in [2.05, 4.69) is 13.2 Å². The number of fused-ring (bicyclic) bond motifs is 1. The number of methoxy groups -OCH3 is 1. The van der Waals surface area contributed by atoms with Crippen LogP contribution in [0.1, 0.15) is 51.0 Å². The Bertz CT molecular complexity index is 1410. The molecule has 6 atom stereocenters. The molecule has 3 heterocycles. The van der Waals surface area contributed by atoms with E-state index in [0.29, 0.717) is 43.5 Å². The Morgan fingerprint density at radius 3 is 2.48 bits per heavy atom. The van der Waals surface area contributed by atoms with E-state index in [-0.39, 0.29) is 31.6 Å². The van der Waals surface area contributed by atoms with Crippen molar-refractivity contribution >= 4 is 23.5 Å². The minimum Gasteiger partial charge on any atom is -0.497 e. The molecule has 3 saturated heterocycles. The fourth-order valence-electron chi connectivity index (χ4n) is 7.84. The third-order valence-corrected chi connectivity index (χ3v) is 10.0. The van der Waals surface area contributed by atoms with Gasteiger partial charge in [-0.05, 0) is 74.8 Å². The lowest BCUT2D eigenvalue weighted by molar-refractivity contribution is -0.162. The molecule has 2 aromatic carbocycles. The molecule has 3 aliphatic rings. The fraction of sp³-hybridized carbons (Fsp3) is 0.486. The molecule has 1 spiro atoms. The number of carbonyl (C=O) groups excluding carboxylic acids is 3. The highest BCUT2D eigenvalue weighted by molar-refractivity contribution is 6.05. The molecular weight excluding hydrogens is 584 g/mol. The van der Waals surface area contributed by atoms with E-state index in [1.165, 1.54) is 4.90 Å². The zero-order valence-electron chi connectivity index (χ0n) is 26.9. The van der Waals surface area contributed by atoms with Gasteiger partial charge in [0.05, 0.1) is 37.9 Å². The van der Waals surface area contributed by atoms with Crippen LogP contribution in [-0.2, 0) is 30.3 Å². The van der Waals surface area contributed by atoms with Crippen LogP contribution in [0.2, 0.25) is 0 Å². The van der Waals surface area contributed by atoms with Gasteiger partial charge in [0.25, 0.3) is 5.91 Å². The number of ether oxygens (including phenoxy) is 3. The Hall–Kier alpha value is -3.95. The number of amides is 2. The number of allylic oxidation sites excluding steroid dienone is 1.